The van der Waals surface area contributed by atoms with Crippen molar-refractivity contribution in [2.24, 2.45) is 17.8 Å². The fourth-order valence-corrected chi connectivity index (χ4v) is 4.68. The minimum absolute atomic E-state index is 0.0456. The van der Waals surface area contributed by atoms with E-state index in [-0.39, 0.29) is 23.8 Å². The van der Waals surface area contributed by atoms with Gasteiger partial charge in [-0.15, -0.1) is 0 Å². The molecule has 2 aliphatic heterocycles. The third-order valence-electron chi connectivity index (χ3n) is 6.72. The Balaban J connectivity index is 1.38. The summed E-state index contributed by atoms with van der Waals surface area (Å²) in [5, 5.41) is 3.03. The second-order valence-electron chi connectivity index (χ2n) is 9.63. The van der Waals surface area contributed by atoms with Gasteiger partial charge in [-0.2, -0.15) is 0 Å². The number of likely N-dealkylation sites (tertiary alicyclic amines) is 2. The lowest BCUT2D eigenvalue weighted by atomic mass is 10.0. The third kappa shape index (κ3) is 6.45. The van der Waals surface area contributed by atoms with Crippen molar-refractivity contribution in [2.75, 3.05) is 39.3 Å². The van der Waals surface area contributed by atoms with E-state index in [9.17, 15) is 9.59 Å². The predicted molar refractivity (Wildman–Crippen MR) is 123 cm³/mol. The average Bonchev–Trinajstić information content (AvgIpc) is 3.28. The van der Waals surface area contributed by atoms with Gasteiger partial charge in [0, 0.05) is 39.1 Å². The van der Waals surface area contributed by atoms with E-state index in [2.05, 4.69) is 36.2 Å². The predicted octanol–water partition coefficient (Wildman–Crippen LogP) is 2.96. The number of nitrogens with one attached hydrogen (secondary N) is 1. The van der Waals surface area contributed by atoms with Crippen LogP contribution in [0.2, 0.25) is 0 Å². The Bertz CT molecular complexity index is 724. The molecule has 2 aliphatic rings. The SMILES string of the molecule is CC(C)[C@@H](C(=O)NCCc1ccc(OCCN2C[C@@H](C)[C@@H](C)C2)cc1)N1CCCC1=O. The molecule has 3 atom stereocenters. The van der Waals surface area contributed by atoms with E-state index in [0.29, 0.717) is 26.1 Å². The molecule has 2 heterocycles. The summed E-state index contributed by atoms with van der Waals surface area (Å²) < 4.78 is 5.91. The number of amides is 2. The Labute approximate surface area is 187 Å². The van der Waals surface area contributed by atoms with Crippen LogP contribution in [0, 0.1) is 17.8 Å². The Morgan fingerprint density at radius 1 is 1.16 bits per heavy atom. The molecule has 0 saturated carbocycles. The van der Waals surface area contributed by atoms with Crippen LogP contribution in [0.25, 0.3) is 0 Å². The summed E-state index contributed by atoms with van der Waals surface area (Å²) in [7, 11) is 0. The van der Waals surface area contributed by atoms with Crippen LogP contribution in [0.4, 0.5) is 0 Å². The number of carbonyl (C=O) groups is 2. The van der Waals surface area contributed by atoms with Crippen LogP contribution in [0.3, 0.4) is 0 Å². The van der Waals surface area contributed by atoms with Gasteiger partial charge < -0.3 is 15.0 Å². The highest BCUT2D eigenvalue weighted by Gasteiger charge is 2.34. The maximum Gasteiger partial charge on any atom is 0.243 e. The first-order chi connectivity index (χ1) is 14.8. The Hall–Kier alpha value is -2.08. The summed E-state index contributed by atoms with van der Waals surface area (Å²) >= 11 is 0. The lowest BCUT2D eigenvalue weighted by Gasteiger charge is -2.29. The van der Waals surface area contributed by atoms with Crippen LogP contribution in [0.1, 0.15) is 46.1 Å². The first-order valence-corrected chi connectivity index (χ1v) is 11.9. The van der Waals surface area contributed by atoms with E-state index in [1.54, 1.807) is 4.90 Å². The average molecular weight is 430 g/mol. The van der Waals surface area contributed by atoms with Crippen molar-refractivity contribution in [2.45, 2.75) is 53.0 Å². The number of carbonyl (C=O) groups excluding carboxylic acids is 2. The molecule has 0 aromatic heterocycles. The monoisotopic (exact) mass is 429 g/mol. The van der Waals surface area contributed by atoms with Gasteiger partial charge in [0.1, 0.15) is 18.4 Å². The van der Waals surface area contributed by atoms with Crippen LogP contribution in [-0.4, -0.2) is 67.0 Å². The first kappa shape index (κ1) is 23.6. The molecule has 6 nitrogen and oxygen atoms in total. The molecule has 1 aromatic rings. The highest BCUT2D eigenvalue weighted by Crippen LogP contribution is 2.22. The van der Waals surface area contributed by atoms with Crippen LogP contribution >= 0.6 is 0 Å². The molecule has 2 fully saturated rings. The number of hydrogen-bond acceptors (Lipinski definition) is 4. The molecule has 2 saturated heterocycles. The minimum atomic E-state index is -0.368. The van der Waals surface area contributed by atoms with Gasteiger partial charge in [0.2, 0.25) is 11.8 Å². The van der Waals surface area contributed by atoms with E-state index in [0.717, 1.165) is 42.5 Å². The standard InChI is InChI=1S/C25H39N3O3/c1-18(2)24(28-13-5-6-23(28)29)25(30)26-12-11-21-7-9-22(10-8-21)31-15-14-27-16-19(3)20(4)17-27/h7-10,18-20,24H,5-6,11-17H2,1-4H3,(H,26,30)/t19-,20+,24-/m0/s1. The summed E-state index contributed by atoms with van der Waals surface area (Å²) in [6, 6.07) is 7.77. The lowest BCUT2D eigenvalue weighted by molar-refractivity contribution is -0.139. The van der Waals surface area contributed by atoms with Crippen LogP contribution in [-0.2, 0) is 16.0 Å². The van der Waals surface area contributed by atoms with E-state index in [1.807, 2.05) is 26.0 Å². The summed E-state index contributed by atoms with van der Waals surface area (Å²) in [6.07, 6.45) is 2.16. The number of benzene rings is 1. The molecule has 2 amide bonds. The van der Waals surface area contributed by atoms with E-state index in [4.69, 9.17) is 4.74 Å². The largest absolute Gasteiger partial charge is 0.492 e. The van der Waals surface area contributed by atoms with E-state index in [1.165, 1.54) is 13.1 Å². The zero-order chi connectivity index (χ0) is 22.4. The molecule has 3 rings (SSSR count). The van der Waals surface area contributed by atoms with Crippen LogP contribution < -0.4 is 10.1 Å². The molecule has 172 valence electrons. The first-order valence-electron chi connectivity index (χ1n) is 11.9. The Kier molecular flexibility index (Phi) is 8.35. The second kappa shape index (κ2) is 11.0. The molecule has 0 aliphatic carbocycles. The molecule has 1 aromatic carbocycles. The fraction of sp³-hybridized carbons (Fsp3) is 0.680. The Morgan fingerprint density at radius 3 is 2.42 bits per heavy atom. The van der Waals surface area contributed by atoms with Crippen molar-refractivity contribution >= 4 is 11.8 Å². The molecular weight excluding hydrogens is 390 g/mol. The number of hydrogen-bond donors (Lipinski definition) is 1. The molecular formula is C25H39N3O3. The summed E-state index contributed by atoms with van der Waals surface area (Å²) in [6.45, 7) is 13.9. The zero-order valence-electron chi connectivity index (χ0n) is 19.6. The quantitative estimate of drug-likeness (QED) is 0.621. The number of nitrogens with zero attached hydrogens (tertiary/aromatic N) is 2. The van der Waals surface area contributed by atoms with Gasteiger partial charge in [-0.3, -0.25) is 14.5 Å². The van der Waals surface area contributed by atoms with Crippen molar-refractivity contribution in [1.82, 2.24) is 15.1 Å². The van der Waals surface area contributed by atoms with E-state index >= 15 is 0 Å². The molecule has 1 N–H and O–H groups in total. The maximum absolute atomic E-state index is 12.7. The lowest BCUT2D eigenvalue weighted by Crippen LogP contribution is -2.50. The molecule has 0 spiro atoms. The number of rotatable bonds is 10. The van der Waals surface area contributed by atoms with Crippen LogP contribution in [0.5, 0.6) is 5.75 Å². The zero-order valence-corrected chi connectivity index (χ0v) is 19.6. The smallest absolute Gasteiger partial charge is 0.243 e. The van der Waals surface area contributed by atoms with Gasteiger partial charge in [0.05, 0.1) is 0 Å². The van der Waals surface area contributed by atoms with Gasteiger partial charge in [-0.05, 0) is 48.3 Å². The van der Waals surface area contributed by atoms with Gasteiger partial charge >= 0.3 is 0 Å². The van der Waals surface area contributed by atoms with Gasteiger partial charge in [0.15, 0.2) is 0 Å². The third-order valence-corrected chi connectivity index (χ3v) is 6.72. The van der Waals surface area contributed by atoms with Gasteiger partial charge in [0.25, 0.3) is 0 Å². The molecule has 0 unspecified atom stereocenters. The topological polar surface area (TPSA) is 61.9 Å². The highest BCUT2D eigenvalue weighted by atomic mass is 16.5. The van der Waals surface area contributed by atoms with Crippen LogP contribution in [0.15, 0.2) is 24.3 Å². The molecule has 31 heavy (non-hydrogen) atoms. The number of ether oxygens (including phenoxy) is 1. The summed E-state index contributed by atoms with van der Waals surface area (Å²) in [4.78, 5) is 29.0. The van der Waals surface area contributed by atoms with Crippen molar-refractivity contribution < 1.29 is 14.3 Å². The van der Waals surface area contributed by atoms with Crippen molar-refractivity contribution in [1.29, 1.82) is 0 Å². The maximum atomic E-state index is 12.7. The second-order valence-corrected chi connectivity index (χ2v) is 9.63. The van der Waals surface area contributed by atoms with Gasteiger partial charge in [-0.25, -0.2) is 0 Å². The highest BCUT2D eigenvalue weighted by molar-refractivity contribution is 5.88. The van der Waals surface area contributed by atoms with Crippen molar-refractivity contribution in [3.05, 3.63) is 29.8 Å². The minimum Gasteiger partial charge on any atom is -0.492 e. The summed E-state index contributed by atoms with van der Waals surface area (Å²) in [5.41, 5.74) is 1.16. The molecule has 6 heteroatoms. The van der Waals surface area contributed by atoms with E-state index < -0.39 is 0 Å². The van der Waals surface area contributed by atoms with Gasteiger partial charge in [-0.1, -0.05) is 39.8 Å². The van der Waals surface area contributed by atoms with Crippen molar-refractivity contribution in [3.63, 3.8) is 0 Å². The fourth-order valence-electron chi connectivity index (χ4n) is 4.68. The summed E-state index contributed by atoms with van der Waals surface area (Å²) in [5.74, 6) is 2.58. The molecule has 0 radical (unpaired) electrons. The Morgan fingerprint density at radius 2 is 1.84 bits per heavy atom. The van der Waals surface area contributed by atoms with Crippen molar-refractivity contribution in [3.8, 4) is 5.75 Å². The normalized spacial score (nSPS) is 22.9. The molecule has 0 bridgehead atoms.